The molecule has 0 fully saturated rings. The van der Waals surface area contributed by atoms with Gasteiger partial charge in [0, 0.05) is 0 Å². The molecule has 0 aliphatic rings. The van der Waals surface area contributed by atoms with E-state index in [-0.39, 0.29) is 78.4 Å². The number of hydrogen-bond donors (Lipinski definition) is 0. The van der Waals surface area contributed by atoms with Crippen molar-refractivity contribution in [2.45, 2.75) is 0 Å². The maximum atomic E-state index is 0. The molecule has 0 spiro atoms. The van der Waals surface area contributed by atoms with E-state index in [2.05, 4.69) is 0 Å². The zero-order chi connectivity index (χ0) is 0. The van der Waals surface area contributed by atoms with Crippen molar-refractivity contribution >= 4 is 48.9 Å². The van der Waals surface area contributed by atoms with Gasteiger partial charge in [0.2, 0.25) is 0 Å². The van der Waals surface area contributed by atoms with E-state index >= 15 is 0 Å². The van der Waals surface area contributed by atoms with Gasteiger partial charge >= 0.3 is 48.9 Å². The Labute approximate surface area is 77.0 Å². The van der Waals surface area contributed by atoms with Crippen LogP contribution in [0.5, 0.6) is 0 Å². The van der Waals surface area contributed by atoms with Gasteiger partial charge in [0.1, 0.15) is 0 Å². The van der Waals surface area contributed by atoms with Gasteiger partial charge in [-0.25, -0.2) is 0 Å². The molecule has 0 aromatic rings. The molecule has 4 heavy (non-hydrogen) atoms. The van der Waals surface area contributed by atoms with Crippen LogP contribution in [0.2, 0.25) is 0 Å². The molecular weight excluding hydrogens is 227 g/mol. The normalized spacial score (nSPS) is 0. The number of rotatable bonds is 0. The summed E-state index contributed by atoms with van der Waals surface area (Å²) < 4.78 is 0. The summed E-state index contributed by atoms with van der Waals surface area (Å²) in [4.78, 5) is 0. The predicted molar refractivity (Wildman–Crippen MR) is 8.26 cm³/mol. The molecule has 0 nitrogen and oxygen atoms in total. The molecule has 0 saturated heterocycles. The van der Waals surface area contributed by atoms with E-state index in [0.717, 1.165) is 0 Å². The molecule has 0 heterocycles. The molecule has 0 unspecified atom stereocenters. The minimum atomic E-state index is 0. The average molecular weight is 228 g/mol. The summed E-state index contributed by atoms with van der Waals surface area (Å²) in [6, 6.07) is 0. The summed E-state index contributed by atoms with van der Waals surface area (Å²) in [5.41, 5.74) is 0. The van der Waals surface area contributed by atoms with Gasteiger partial charge in [-0.15, -0.1) is 0 Å². The van der Waals surface area contributed by atoms with Gasteiger partial charge < -0.3 is 24.8 Å². The first kappa shape index (κ1) is 36.2. The van der Waals surface area contributed by atoms with Gasteiger partial charge in [0.05, 0.1) is 0 Å². The average Bonchev–Trinajstić information content (AvgIpc) is 0. The van der Waals surface area contributed by atoms with Crippen LogP contribution in [-0.4, -0.2) is 48.9 Å². The first-order valence-corrected chi connectivity index (χ1v) is 0. The molecule has 0 aromatic heterocycles. The van der Waals surface area contributed by atoms with E-state index in [1.807, 2.05) is 0 Å². The summed E-state index contributed by atoms with van der Waals surface area (Å²) >= 11 is 0. The van der Waals surface area contributed by atoms with Gasteiger partial charge in [0.15, 0.2) is 0 Å². The molecule has 0 bridgehead atoms. The molecule has 0 rings (SSSR count). The Morgan fingerprint density at radius 2 is 0.750 bits per heavy atom. The molecule has 0 aliphatic carbocycles. The molecule has 0 amide bonds. The molecular formula is HBaCl2F. The summed E-state index contributed by atoms with van der Waals surface area (Å²) in [5.74, 6) is 0. The SMILES string of the molecule is F.[Ba+2].[Cl-].[Cl-]. The van der Waals surface area contributed by atoms with Crippen molar-refractivity contribution in [2.75, 3.05) is 0 Å². The summed E-state index contributed by atoms with van der Waals surface area (Å²) in [5, 5.41) is 0. The van der Waals surface area contributed by atoms with Gasteiger partial charge in [-0.1, -0.05) is 0 Å². The molecule has 0 aliphatic heterocycles. The second-order valence-electron chi connectivity index (χ2n) is 0. The fourth-order valence-electron chi connectivity index (χ4n) is 0. The van der Waals surface area contributed by atoms with E-state index in [1.54, 1.807) is 0 Å². The van der Waals surface area contributed by atoms with Crippen LogP contribution < -0.4 is 24.8 Å². The predicted octanol–water partition coefficient (Wildman–Crippen LogP) is -6.22. The van der Waals surface area contributed by atoms with Crippen LogP contribution >= 0.6 is 0 Å². The Kier molecular flexibility index (Phi) is 177. The van der Waals surface area contributed by atoms with Crippen molar-refractivity contribution in [3.05, 3.63) is 0 Å². The Balaban J connectivity index is 0. The molecule has 0 atom stereocenters. The van der Waals surface area contributed by atoms with Gasteiger partial charge in [0.25, 0.3) is 0 Å². The fraction of sp³-hybridized carbons (Fsp3) is 0. The molecule has 0 radical (unpaired) electrons. The quantitative estimate of drug-likeness (QED) is 0.362. The van der Waals surface area contributed by atoms with E-state index in [9.17, 15) is 0 Å². The van der Waals surface area contributed by atoms with E-state index < -0.39 is 0 Å². The van der Waals surface area contributed by atoms with Crippen molar-refractivity contribution in [1.82, 2.24) is 0 Å². The van der Waals surface area contributed by atoms with Crippen LogP contribution in [0.3, 0.4) is 0 Å². The second-order valence-corrected chi connectivity index (χ2v) is 0. The van der Waals surface area contributed by atoms with Crippen LogP contribution in [0.25, 0.3) is 0 Å². The summed E-state index contributed by atoms with van der Waals surface area (Å²) in [7, 11) is 0. The molecule has 0 aromatic carbocycles. The van der Waals surface area contributed by atoms with Crippen molar-refractivity contribution in [3.8, 4) is 0 Å². The zero-order valence-corrected chi connectivity index (χ0v) is 7.82. The summed E-state index contributed by atoms with van der Waals surface area (Å²) in [6.07, 6.45) is 0. The third kappa shape index (κ3) is 8.95. The second kappa shape index (κ2) is 19.5. The van der Waals surface area contributed by atoms with Crippen LogP contribution in [0.4, 0.5) is 4.70 Å². The minimum Gasteiger partial charge on any atom is -1.00 e. The van der Waals surface area contributed by atoms with Crippen LogP contribution in [0, 0.1) is 0 Å². The largest absolute Gasteiger partial charge is 2.00 e. The molecule has 0 N–H and O–H groups in total. The zero-order valence-electron chi connectivity index (χ0n) is 1.87. The van der Waals surface area contributed by atoms with Crippen LogP contribution in [-0.2, 0) is 0 Å². The maximum absolute atomic E-state index is 0. The minimum absolute atomic E-state index is 0. The third-order valence-corrected chi connectivity index (χ3v) is 0. The van der Waals surface area contributed by atoms with Gasteiger partial charge in [-0.2, -0.15) is 0 Å². The Morgan fingerprint density at radius 3 is 0.750 bits per heavy atom. The third-order valence-electron chi connectivity index (χ3n) is 0. The standard InChI is InChI=1S/Ba.2ClH.FH/h;3*1H/q+2;;;/p-2. The first-order valence-electron chi connectivity index (χ1n) is 0. The van der Waals surface area contributed by atoms with Crippen LogP contribution in [0.15, 0.2) is 0 Å². The van der Waals surface area contributed by atoms with E-state index in [4.69, 9.17) is 0 Å². The maximum Gasteiger partial charge on any atom is 2.00 e. The van der Waals surface area contributed by atoms with Gasteiger partial charge in [-0.3, -0.25) is 4.70 Å². The Morgan fingerprint density at radius 1 is 0.750 bits per heavy atom. The topological polar surface area (TPSA) is 0 Å². The van der Waals surface area contributed by atoms with Crippen molar-refractivity contribution in [1.29, 1.82) is 0 Å². The molecule has 4 heteroatoms. The molecule has 0 saturated carbocycles. The number of hydrogen-bond acceptors (Lipinski definition) is 0. The van der Waals surface area contributed by atoms with E-state index in [1.165, 1.54) is 0 Å². The molecule has 24 valence electrons. The monoisotopic (exact) mass is 228 g/mol. The van der Waals surface area contributed by atoms with Crippen LogP contribution in [0.1, 0.15) is 0 Å². The van der Waals surface area contributed by atoms with Gasteiger partial charge in [-0.05, 0) is 0 Å². The Bertz CT molecular complexity index is 6.00. The number of halogens is 3. The smallest absolute Gasteiger partial charge is 1.00 e. The summed E-state index contributed by atoms with van der Waals surface area (Å²) in [6.45, 7) is 0. The van der Waals surface area contributed by atoms with Crippen molar-refractivity contribution in [3.63, 3.8) is 0 Å². The van der Waals surface area contributed by atoms with Crippen molar-refractivity contribution in [2.24, 2.45) is 0 Å². The van der Waals surface area contributed by atoms with Crippen molar-refractivity contribution < 1.29 is 29.5 Å². The Hall–Kier alpha value is 2.08. The fourth-order valence-corrected chi connectivity index (χ4v) is 0. The first-order chi connectivity index (χ1) is 0. The van der Waals surface area contributed by atoms with E-state index in [0.29, 0.717) is 0 Å².